The van der Waals surface area contributed by atoms with Crippen LogP contribution in [0.15, 0.2) is 35.6 Å². The van der Waals surface area contributed by atoms with Crippen LogP contribution in [-0.2, 0) is 10.0 Å². The Labute approximate surface area is 146 Å². The van der Waals surface area contributed by atoms with Crippen molar-refractivity contribution in [2.45, 2.75) is 30.3 Å². The van der Waals surface area contributed by atoms with Gasteiger partial charge in [0.05, 0.1) is 10.7 Å². The quantitative estimate of drug-likeness (QED) is 0.746. The number of pyridine rings is 1. The van der Waals surface area contributed by atoms with Gasteiger partial charge in [0.1, 0.15) is 17.5 Å². The highest BCUT2D eigenvalue weighted by molar-refractivity contribution is 7.92. The van der Waals surface area contributed by atoms with Crippen molar-refractivity contribution in [3.05, 3.63) is 41.3 Å². The van der Waals surface area contributed by atoms with E-state index in [1.165, 1.54) is 22.9 Å². The normalized spacial score (nSPS) is 19.3. The highest BCUT2D eigenvalue weighted by Gasteiger charge is 2.59. The number of aryl methyl sites for hydroxylation is 1. The summed E-state index contributed by atoms with van der Waals surface area (Å²) in [4.78, 5) is 4.25. The molecule has 0 bridgehead atoms. The molecule has 0 spiro atoms. The Morgan fingerprint density at radius 3 is 2.76 bits per heavy atom. The fourth-order valence-electron chi connectivity index (χ4n) is 2.56. The van der Waals surface area contributed by atoms with Crippen molar-refractivity contribution in [2.75, 3.05) is 4.72 Å². The highest BCUT2D eigenvalue weighted by Crippen LogP contribution is 2.52. The first-order valence-corrected chi connectivity index (χ1v) is 9.13. The van der Waals surface area contributed by atoms with Crippen LogP contribution in [0.4, 0.5) is 14.6 Å². The minimum Gasteiger partial charge on any atom is -0.284 e. The van der Waals surface area contributed by atoms with Gasteiger partial charge in [-0.3, -0.25) is 13.8 Å². The van der Waals surface area contributed by atoms with Crippen LogP contribution in [0, 0.1) is 6.92 Å². The van der Waals surface area contributed by atoms with E-state index < -0.39 is 22.0 Å². The molecule has 25 heavy (non-hydrogen) atoms. The molecular formula is C14H12ClF2N5O2S. The number of halogens is 3. The number of alkyl halides is 2. The van der Waals surface area contributed by atoms with Crippen molar-refractivity contribution in [3.8, 4) is 0 Å². The Balaban J connectivity index is 1.68. The Hall–Kier alpha value is -2.20. The van der Waals surface area contributed by atoms with Gasteiger partial charge in [-0.15, -0.1) is 0 Å². The monoisotopic (exact) mass is 387 g/mol. The minimum atomic E-state index is -4.06. The molecule has 4 rings (SSSR count). The first-order chi connectivity index (χ1) is 11.7. The molecule has 0 radical (unpaired) electrons. The molecule has 11 heteroatoms. The number of hydrogen-bond donors (Lipinski definition) is 1. The van der Waals surface area contributed by atoms with Gasteiger partial charge in [0, 0.05) is 18.8 Å². The van der Waals surface area contributed by atoms with Gasteiger partial charge < -0.3 is 0 Å². The van der Waals surface area contributed by atoms with Crippen molar-refractivity contribution >= 4 is 33.1 Å². The van der Waals surface area contributed by atoms with Crippen molar-refractivity contribution in [2.24, 2.45) is 0 Å². The van der Waals surface area contributed by atoms with E-state index in [4.69, 9.17) is 11.6 Å². The maximum absolute atomic E-state index is 13.1. The maximum atomic E-state index is 13.1. The lowest BCUT2D eigenvalue weighted by molar-refractivity contribution is 0.0981. The number of nitrogens with zero attached hydrogens (tertiary/aromatic N) is 4. The fourth-order valence-corrected chi connectivity index (χ4v) is 3.77. The third-order valence-electron chi connectivity index (χ3n) is 3.96. The van der Waals surface area contributed by atoms with E-state index in [0.29, 0.717) is 16.4 Å². The van der Waals surface area contributed by atoms with Crippen molar-refractivity contribution in [3.63, 3.8) is 0 Å². The summed E-state index contributed by atoms with van der Waals surface area (Å²) in [5.41, 5.74) is 0.960. The Kier molecular flexibility index (Phi) is 3.35. The molecule has 0 aromatic carbocycles. The molecule has 1 aliphatic carbocycles. The summed E-state index contributed by atoms with van der Waals surface area (Å²) in [5.74, 6) is -2.63. The van der Waals surface area contributed by atoms with Gasteiger partial charge in [-0.25, -0.2) is 13.8 Å². The zero-order valence-corrected chi connectivity index (χ0v) is 14.4. The number of anilines is 1. The van der Waals surface area contributed by atoms with E-state index in [1.807, 2.05) is 0 Å². The molecule has 3 aromatic heterocycles. The van der Waals surface area contributed by atoms with Gasteiger partial charge in [-0.05, 0) is 25.1 Å². The van der Waals surface area contributed by atoms with Gasteiger partial charge in [0.2, 0.25) is 0 Å². The predicted octanol–water partition coefficient (Wildman–Crippen LogP) is 2.87. The van der Waals surface area contributed by atoms with Crippen LogP contribution in [-0.4, -0.2) is 33.5 Å². The molecule has 132 valence electrons. The first-order valence-electron chi connectivity index (χ1n) is 7.27. The number of fused-ring (bicyclic) bond motifs is 1. The van der Waals surface area contributed by atoms with E-state index in [9.17, 15) is 17.2 Å². The molecule has 3 aromatic rings. The molecule has 7 nitrogen and oxygen atoms in total. The van der Waals surface area contributed by atoms with Gasteiger partial charge >= 0.3 is 0 Å². The smallest absolute Gasteiger partial charge is 0.282 e. The summed E-state index contributed by atoms with van der Waals surface area (Å²) in [6.45, 7) is 1.64. The van der Waals surface area contributed by atoms with Crippen molar-refractivity contribution in [1.82, 2.24) is 19.2 Å². The molecule has 3 heterocycles. The molecule has 1 N–H and O–H groups in total. The van der Waals surface area contributed by atoms with Gasteiger partial charge in [0.25, 0.3) is 15.9 Å². The van der Waals surface area contributed by atoms with Crippen LogP contribution in [0.3, 0.4) is 0 Å². The number of sulfonamides is 1. The molecule has 1 fully saturated rings. The van der Waals surface area contributed by atoms with Gasteiger partial charge in [-0.1, -0.05) is 11.6 Å². The van der Waals surface area contributed by atoms with Gasteiger partial charge in [-0.2, -0.15) is 13.5 Å². The lowest BCUT2D eigenvalue weighted by Gasteiger charge is -2.07. The largest absolute Gasteiger partial charge is 0.284 e. The second-order valence-electron chi connectivity index (χ2n) is 5.84. The Morgan fingerprint density at radius 1 is 1.36 bits per heavy atom. The Morgan fingerprint density at radius 2 is 2.08 bits per heavy atom. The zero-order chi connectivity index (χ0) is 18.0. The molecule has 1 saturated carbocycles. The molecular weight excluding hydrogens is 376 g/mol. The fraction of sp³-hybridized carbons (Fsp3) is 0.286. The van der Waals surface area contributed by atoms with Crippen LogP contribution in [0.2, 0.25) is 5.02 Å². The number of hydrogen-bond acceptors (Lipinski definition) is 4. The standard InChI is InChI=1S/C14H12ClF2N5O2S/c1-8-13(21-7-9(15)2-3-11(21)18-8)20-25(23,24)12-4-5-22(19-12)10-6-14(10,16)17/h2-5,7,10,20H,6H2,1H3. The summed E-state index contributed by atoms with van der Waals surface area (Å²) in [6.07, 6.45) is 2.42. The van der Waals surface area contributed by atoms with E-state index in [0.717, 1.165) is 4.68 Å². The Bertz CT molecular complexity index is 1090. The molecule has 1 unspecified atom stereocenters. The van der Waals surface area contributed by atoms with E-state index in [1.54, 1.807) is 19.1 Å². The number of rotatable bonds is 4. The average molecular weight is 388 g/mol. The van der Waals surface area contributed by atoms with Crippen LogP contribution in [0.1, 0.15) is 18.2 Å². The minimum absolute atomic E-state index is 0.212. The highest BCUT2D eigenvalue weighted by atomic mass is 35.5. The first kappa shape index (κ1) is 16.3. The second kappa shape index (κ2) is 5.15. The second-order valence-corrected chi connectivity index (χ2v) is 7.91. The number of aromatic nitrogens is 4. The molecule has 0 saturated heterocycles. The van der Waals surface area contributed by atoms with E-state index in [-0.39, 0.29) is 17.3 Å². The summed E-state index contributed by atoms with van der Waals surface area (Å²) in [7, 11) is -4.06. The lowest BCUT2D eigenvalue weighted by atomic mass is 10.5. The van der Waals surface area contributed by atoms with Crippen molar-refractivity contribution < 1.29 is 17.2 Å². The number of nitrogens with one attached hydrogen (secondary N) is 1. The van der Waals surface area contributed by atoms with E-state index >= 15 is 0 Å². The summed E-state index contributed by atoms with van der Waals surface area (Å²) in [5, 5.41) is 3.84. The molecule has 1 aliphatic rings. The molecule has 1 atom stereocenters. The third-order valence-corrected chi connectivity index (χ3v) is 5.41. The van der Waals surface area contributed by atoms with E-state index in [2.05, 4.69) is 14.8 Å². The molecule has 0 aliphatic heterocycles. The van der Waals surface area contributed by atoms with Crippen LogP contribution in [0.25, 0.3) is 5.65 Å². The maximum Gasteiger partial charge on any atom is 0.282 e. The summed E-state index contributed by atoms with van der Waals surface area (Å²) in [6, 6.07) is 3.38. The predicted molar refractivity (Wildman–Crippen MR) is 86.6 cm³/mol. The summed E-state index contributed by atoms with van der Waals surface area (Å²) < 4.78 is 56.2. The summed E-state index contributed by atoms with van der Waals surface area (Å²) >= 11 is 5.95. The van der Waals surface area contributed by atoms with Crippen molar-refractivity contribution in [1.29, 1.82) is 0 Å². The van der Waals surface area contributed by atoms with Gasteiger partial charge in [0.15, 0.2) is 5.03 Å². The third kappa shape index (κ3) is 2.74. The SMILES string of the molecule is Cc1nc2ccc(Cl)cn2c1NS(=O)(=O)c1ccn(C2CC2(F)F)n1. The topological polar surface area (TPSA) is 81.3 Å². The van der Waals surface area contributed by atoms with Crippen LogP contribution < -0.4 is 4.72 Å². The zero-order valence-electron chi connectivity index (χ0n) is 12.8. The number of imidazole rings is 1. The van der Waals surface area contributed by atoms with Crippen LogP contribution >= 0.6 is 11.6 Å². The molecule has 0 amide bonds. The average Bonchev–Trinajstić information content (AvgIpc) is 2.90. The lowest BCUT2D eigenvalue weighted by Crippen LogP contribution is -2.16. The van der Waals surface area contributed by atoms with Crippen LogP contribution in [0.5, 0.6) is 0 Å².